The predicted octanol–water partition coefficient (Wildman–Crippen LogP) is 4.28. The molecule has 2 nitrogen and oxygen atoms in total. The second kappa shape index (κ2) is 5.29. The summed E-state index contributed by atoms with van der Waals surface area (Å²) < 4.78 is 6.46. The van der Waals surface area contributed by atoms with Gasteiger partial charge in [0.15, 0.2) is 4.67 Å². The molecule has 0 aliphatic rings. The van der Waals surface area contributed by atoms with Crippen molar-refractivity contribution in [3.05, 3.63) is 58.5 Å². The van der Waals surface area contributed by atoms with E-state index in [-0.39, 0.29) is 11.5 Å². The third-order valence-corrected chi connectivity index (χ3v) is 3.83. The fourth-order valence-electron chi connectivity index (χ4n) is 2.38. The van der Waals surface area contributed by atoms with Crippen LogP contribution < -0.4 is 5.32 Å². The van der Waals surface area contributed by atoms with Crippen molar-refractivity contribution in [2.45, 2.75) is 25.3 Å². The van der Waals surface area contributed by atoms with Crippen molar-refractivity contribution < 1.29 is 4.42 Å². The zero-order chi connectivity index (χ0) is 13.2. The molecule has 0 spiro atoms. The van der Waals surface area contributed by atoms with Crippen LogP contribution in [-0.2, 0) is 5.41 Å². The van der Waals surface area contributed by atoms with Crippen LogP contribution in [0.4, 0.5) is 0 Å². The molecule has 1 heterocycles. The standard InChI is InChI=1S/C15H18BrNO/c1-15(2,11-7-5-4-6-8-11)14(17-3)12-9-10-13(16)18-12/h4-10,14,17H,1-3H3. The monoisotopic (exact) mass is 307 g/mol. The van der Waals surface area contributed by atoms with Crippen LogP contribution in [-0.4, -0.2) is 7.05 Å². The van der Waals surface area contributed by atoms with Crippen molar-refractivity contribution in [3.8, 4) is 0 Å². The first-order valence-electron chi connectivity index (χ1n) is 6.03. The van der Waals surface area contributed by atoms with Gasteiger partial charge < -0.3 is 9.73 Å². The van der Waals surface area contributed by atoms with Crippen LogP contribution in [0.2, 0.25) is 0 Å². The fraction of sp³-hybridized carbons (Fsp3) is 0.333. The van der Waals surface area contributed by atoms with Crippen molar-refractivity contribution in [1.82, 2.24) is 5.32 Å². The van der Waals surface area contributed by atoms with E-state index in [1.807, 2.05) is 25.2 Å². The summed E-state index contributed by atoms with van der Waals surface area (Å²) >= 11 is 3.36. The highest BCUT2D eigenvalue weighted by Gasteiger charge is 2.33. The molecule has 0 fully saturated rings. The molecule has 0 radical (unpaired) electrons. The van der Waals surface area contributed by atoms with Crippen molar-refractivity contribution in [1.29, 1.82) is 0 Å². The van der Waals surface area contributed by atoms with E-state index in [1.54, 1.807) is 0 Å². The quantitative estimate of drug-likeness (QED) is 0.912. The summed E-state index contributed by atoms with van der Waals surface area (Å²) in [5.41, 5.74) is 1.24. The third-order valence-electron chi connectivity index (χ3n) is 3.41. The maximum atomic E-state index is 5.70. The highest BCUT2D eigenvalue weighted by Crippen LogP contribution is 2.37. The van der Waals surface area contributed by atoms with Gasteiger partial charge in [0.2, 0.25) is 0 Å². The van der Waals surface area contributed by atoms with Gasteiger partial charge in [-0.15, -0.1) is 0 Å². The zero-order valence-electron chi connectivity index (χ0n) is 10.9. The minimum absolute atomic E-state index is 0.0483. The molecule has 1 unspecified atom stereocenters. The van der Waals surface area contributed by atoms with Crippen LogP contribution in [0.5, 0.6) is 0 Å². The molecule has 1 aromatic heterocycles. The Kier molecular flexibility index (Phi) is 3.93. The minimum atomic E-state index is -0.0483. The van der Waals surface area contributed by atoms with Crippen molar-refractivity contribution >= 4 is 15.9 Å². The Balaban J connectivity index is 2.38. The van der Waals surface area contributed by atoms with Gasteiger partial charge in [-0.25, -0.2) is 0 Å². The highest BCUT2D eigenvalue weighted by atomic mass is 79.9. The van der Waals surface area contributed by atoms with Gasteiger partial charge in [-0.3, -0.25) is 0 Å². The van der Waals surface area contributed by atoms with Gasteiger partial charge in [0, 0.05) is 5.41 Å². The van der Waals surface area contributed by atoms with Gasteiger partial charge in [-0.2, -0.15) is 0 Å². The van der Waals surface area contributed by atoms with Gasteiger partial charge in [0.25, 0.3) is 0 Å². The number of benzene rings is 1. The number of nitrogens with one attached hydrogen (secondary N) is 1. The van der Waals surface area contributed by atoms with Gasteiger partial charge in [0.05, 0.1) is 6.04 Å². The number of hydrogen-bond donors (Lipinski definition) is 1. The van der Waals surface area contributed by atoms with Gasteiger partial charge in [0.1, 0.15) is 5.76 Å². The van der Waals surface area contributed by atoms with Crippen LogP contribution in [0.3, 0.4) is 0 Å². The lowest BCUT2D eigenvalue weighted by atomic mass is 9.77. The molecule has 0 aliphatic heterocycles. The Hall–Kier alpha value is -1.06. The molecule has 1 atom stereocenters. The van der Waals surface area contributed by atoms with E-state index in [0.717, 1.165) is 10.4 Å². The average Bonchev–Trinajstić information content (AvgIpc) is 2.77. The largest absolute Gasteiger partial charge is 0.453 e. The maximum Gasteiger partial charge on any atom is 0.169 e. The molecular formula is C15H18BrNO. The molecule has 0 saturated heterocycles. The molecular weight excluding hydrogens is 290 g/mol. The minimum Gasteiger partial charge on any atom is -0.453 e. The van der Waals surface area contributed by atoms with E-state index in [1.165, 1.54) is 5.56 Å². The molecule has 0 bridgehead atoms. The van der Waals surface area contributed by atoms with E-state index < -0.39 is 0 Å². The first-order chi connectivity index (χ1) is 8.55. The first-order valence-corrected chi connectivity index (χ1v) is 6.83. The maximum absolute atomic E-state index is 5.70. The SMILES string of the molecule is CNC(c1ccc(Br)o1)C(C)(C)c1ccccc1. The summed E-state index contributed by atoms with van der Waals surface area (Å²) in [4.78, 5) is 0. The van der Waals surface area contributed by atoms with Crippen molar-refractivity contribution in [2.24, 2.45) is 0 Å². The molecule has 0 amide bonds. The number of hydrogen-bond acceptors (Lipinski definition) is 2. The Morgan fingerprint density at radius 3 is 2.28 bits per heavy atom. The van der Waals surface area contributed by atoms with E-state index in [9.17, 15) is 0 Å². The highest BCUT2D eigenvalue weighted by molar-refractivity contribution is 9.10. The smallest absolute Gasteiger partial charge is 0.169 e. The van der Waals surface area contributed by atoms with E-state index >= 15 is 0 Å². The van der Waals surface area contributed by atoms with Gasteiger partial charge >= 0.3 is 0 Å². The fourth-order valence-corrected chi connectivity index (χ4v) is 2.70. The molecule has 2 rings (SSSR count). The lowest BCUT2D eigenvalue weighted by Crippen LogP contribution is -2.35. The molecule has 0 aliphatic carbocycles. The zero-order valence-corrected chi connectivity index (χ0v) is 12.5. The predicted molar refractivity (Wildman–Crippen MR) is 77.7 cm³/mol. The van der Waals surface area contributed by atoms with E-state index in [0.29, 0.717) is 0 Å². The number of rotatable bonds is 4. The molecule has 1 N–H and O–H groups in total. The molecule has 0 saturated carbocycles. The molecule has 2 aromatic rings. The second-order valence-electron chi connectivity index (χ2n) is 4.95. The summed E-state index contributed by atoms with van der Waals surface area (Å²) in [5.74, 6) is 0.943. The lowest BCUT2D eigenvalue weighted by molar-refractivity contribution is 0.308. The Morgan fingerprint density at radius 2 is 1.78 bits per heavy atom. The van der Waals surface area contributed by atoms with Crippen LogP contribution in [0.15, 0.2) is 51.6 Å². The summed E-state index contributed by atoms with van der Waals surface area (Å²) in [5, 5.41) is 3.36. The van der Waals surface area contributed by atoms with Crippen LogP contribution in [0, 0.1) is 0 Å². The summed E-state index contributed by atoms with van der Waals surface area (Å²) in [7, 11) is 1.96. The summed E-state index contributed by atoms with van der Waals surface area (Å²) in [6, 6.07) is 14.6. The molecule has 18 heavy (non-hydrogen) atoms. The average molecular weight is 308 g/mol. The Bertz CT molecular complexity index is 504. The van der Waals surface area contributed by atoms with Crippen LogP contribution in [0.1, 0.15) is 31.2 Å². The lowest BCUT2D eigenvalue weighted by Gasteiger charge is -2.33. The van der Waals surface area contributed by atoms with E-state index in [4.69, 9.17) is 4.42 Å². The number of likely N-dealkylation sites (N-methyl/N-ethyl adjacent to an activating group) is 1. The Morgan fingerprint density at radius 1 is 1.11 bits per heavy atom. The normalized spacial score (nSPS) is 13.6. The molecule has 96 valence electrons. The third kappa shape index (κ3) is 2.52. The second-order valence-corrected chi connectivity index (χ2v) is 5.73. The van der Waals surface area contributed by atoms with Crippen molar-refractivity contribution in [2.75, 3.05) is 7.05 Å². The topological polar surface area (TPSA) is 25.2 Å². The van der Waals surface area contributed by atoms with Gasteiger partial charge in [-0.05, 0) is 40.7 Å². The summed E-state index contributed by atoms with van der Waals surface area (Å²) in [6.45, 7) is 4.44. The first kappa shape index (κ1) is 13.4. The van der Waals surface area contributed by atoms with Crippen LogP contribution >= 0.6 is 15.9 Å². The van der Waals surface area contributed by atoms with E-state index in [2.05, 4.69) is 59.4 Å². The van der Waals surface area contributed by atoms with Crippen LogP contribution in [0.25, 0.3) is 0 Å². The van der Waals surface area contributed by atoms with Crippen molar-refractivity contribution in [3.63, 3.8) is 0 Å². The number of halogens is 1. The molecule has 1 aromatic carbocycles. The Labute approximate surface area is 117 Å². The number of furan rings is 1. The summed E-state index contributed by atoms with van der Waals surface area (Å²) in [6.07, 6.45) is 0. The van der Waals surface area contributed by atoms with Gasteiger partial charge in [-0.1, -0.05) is 44.2 Å². The molecule has 3 heteroatoms.